The molecule has 0 aliphatic carbocycles. The van der Waals surface area contributed by atoms with Crippen LogP contribution >= 0.6 is 0 Å². The Morgan fingerprint density at radius 2 is 2.00 bits per heavy atom. The van der Waals surface area contributed by atoms with E-state index in [4.69, 9.17) is 4.42 Å². The number of allylic oxidation sites excluding steroid dienone is 2. The maximum absolute atomic E-state index is 5.70. The molecule has 0 saturated heterocycles. The molecule has 0 aromatic carbocycles. The van der Waals surface area contributed by atoms with Gasteiger partial charge in [-0.15, -0.1) is 6.58 Å². The minimum absolute atomic E-state index is 0.214. The van der Waals surface area contributed by atoms with Crippen LogP contribution in [0.15, 0.2) is 23.7 Å². The van der Waals surface area contributed by atoms with E-state index >= 15 is 0 Å². The van der Waals surface area contributed by atoms with E-state index in [0.717, 1.165) is 17.0 Å². The first-order valence-corrected chi connectivity index (χ1v) is 5.60. The van der Waals surface area contributed by atoms with Crippen molar-refractivity contribution >= 4 is 5.57 Å². The largest absolute Gasteiger partial charge is 0.444 e. The normalized spacial score (nSPS) is 11.9. The molecular weight excluding hydrogens is 198 g/mol. The Morgan fingerprint density at radius 1 is 1.44 bits per heavy atom. The van der Waals surface area contributed by atoms with Crippen molar-refractivity contribution in [2.24, 2.45) is 5.92 Å². The molecule has 0 atom stereocenters. The van der Waals surface area contributed by atoms with Gasteiger partial charge in [0.2, 0.25) is 0 Å². The van der Waals surface area contributed by atoms with Crippen LogP contribution in [0.5, 0.6) is 0 Å². The monoisotopic (exact) mass is 219 g/mol. The lowest BCUT2D eigenvalue weighted by molar-refractivity contribution is 0.416. The highest BCUT2D eigenvalue weighted by atomic mass is 16.4. The van der Waals surface area contributed by atoms with Crippen molar-refractivity contribution in [3.8, 4) is 0 Å². The third-order valence-corrected chi connectivity index (χ3v) is 2.83. The van der Waals surface area contributed by atoms with Crippen molar-refractivity contribution in [2.75, 3.05) is 0 Å². The zero-order valence-electron chi connectivity index (χ0n) is 10.9. The second-order valence-corrected chi connectivity index (χ2v) is 5.02. The molecule has 2 nitrogen and oxygen atoms in total. The van der Waals surface area contributed by atoms with Gasteiger partial charge in [-0.1, -0.05) is 26.5 Å². The van der Waals surface area contributed by atoms with Gasteiger partial charge in [0, 0.05) is 12.3 Å². The van der Waals surface area contributed by atoms with Crippen molar-refractivity contribution in [2.45, 2.75) is 40.0 Å². The molecule has 0 saturated carbocycles. The summed E-state index contributed by atoms with van der Waals surface area (Å²) >= 11 is 0. The standard InChI is InChI=1S/C14H21NO/c1-8-14(6,7)13-12(10(4)9(2)3)15-11(5)16-13/h8-9H,1,4H2,2-3,5-7H3. The van der Waals surface area contributed by atoms with Crippen LogP contribution in [0.25, 0.3) is 5.57 Å². The van der Waals surface area contributed by atoms with Gasteiger partial charge in [-0.2, -0.15) is 0 Å². The first kappa shape index (κ1) is 12.8. The third kappa shape index (κ3) is 2.26. The van der Waals surface area contributed by atoms with Gasteiger partial charge >= 0.3 is 0 Å². The van der Waals surface area contributed by atoms with Crippen molar-refractivity contribution in [3.05, 3.63) is 36.6 Å². The van der Waals surface area contributed by atoms with E-state index in [0.29, 0.717) is 11.8 Å². The summed E-state index contributed by atoms with van der Waals surface area (Å²) in [6.45, 7) is 18.1. The van der Waals surface area contributed by atoms with Crippen LogP contribution < -0.4 is 0 Å². The third-order valence-electron chi connectivity index (χ3n) is 2.83. The molecule has 0 aliphatic heterocycles. The van der Waals surface area contributed by atoms with E-state index in [-0.39, 0.29) is 5.41 Å². The fraction of sp³-hybridized carbons (Fsp3) is 0.500. The molecule has 1 rings (SSSR count). The molecule has 88 valence electrons. The number of oxazole rings is 1. The number of hydrogen-bond donors (Lipinski definition) is 0. The fourth-order valence-electron chi connectivity index (χ4n) is 1.45. The molecule has 0 spiro atoms. The molecule has 0 radical (unpaired) electrons. The predicted octanol–water partition coefficient (Wildman–Crippen LogP) is 4.12. The summed E-state index contributed by atoms with van der Waals surface area (Å²) in [7, 11) is 0. The van der Waals surface area contributed by atoms with Crippen LogP contribution in [-0.4, -0.2) is 4.98 Å². The van der Waals surface area contributed by atoms with Gasteiger partial charge in [0.25, 0.3) is 0 Å². The second kappa shape index (κ2) is 4.28. The quantitative estimate of drug-likeness (QED) is 0.712. The number of aromatic nitrogens is 1. The molecule has 0 amide bonds. The Morgan fingerprint density at radius 3 is 2.44 bits per heavy atom. The lowest BCUT2D eigenvalue weighted by Crippen LogP contribution is -2.14. The van der Waals surface area contributed by atoms with E-state index in [2.05, 4.69) is 45.8 Å². The second-order valence-electron chi connectivity index (χ2n) is 5.02. The summed E-state index contributed by atoms with van der Waals surface area (Å²) in [6.07, 6.45) is 1.88. The first-order valence-electron chi connectivity index (χ1n) is 5.60. The Labute approximate surface area is 98.1 Å². The highest BCUT2D eigenvalue weighted by molar-refractivity contribution is 5.64. The summed E-state index contributed by atoms with van der Waals surface area (Å²) in [5.74, 6) is 1.91. The van der Waals surface area contributed by atoms with Crippen LogP contribution in [0.2, 0.25) is 0 Å². The van der Waals surface area contributed by atoms with Crippen LogP contribution in [0.4, 0.5) is 0 Å². The van der Waals surface area contributed by atoms with E-state index in [9.17, 15) is 0 Å². The highest BCUT2D eigenvalue weighted by Crippen LogP contribution is 2.33. The van der Waals surface area contributed by atoms with Gasteiger partial charge in [-0.3, -0.25) is 0 Å². The van der Waals surface area contributed by atoms with Crippen LogP contribution in [0.1, 0.15) is 45.0 Å². The number of aryl methyl sites for hydroxylation is 1. The fourth-order valence-corrected chi connectivity index (χ4v) is 1.45. The molecule has 16 heavy (non-hydrogen) atoms. The average Bonchev–Trinajstić information content (AvgIpc) is 2.59. The van der Waals surface area contributed by atoms with Gasteiger partial charge in [0.1, 0.15) is 11.5 Å². The number of nitrogens with zero attached hydrogens (tertiary/aromatic N) is 1. The molecule has 0 N–H and O–H groups in total. The molecule has 0 unspecified atom stereocenters. The van der Waals surface area contributed by atoms with Gasteiger partial charge in [0.05, 0.1) is 0 Å². The number of rotatable bonds is 4. The lowest BCUT2D eigenvalue weighted by atomic mass is 9.86. The lowest BCUT2D eigenvalue weighted by Gasteiger charge is -2.19. The molecule has 0 aliphatic rings. The van der Waals surface area contributed by atoms with Crippen molar-refractivity contribution in [3.63, 3.8) is 0 Å². The van der Waals surface area contributed by atoms with E-state index in [1.807, 2.05) is 13.0 Å². The SMILES string of the molecule is C=CC(C)(C)c1oc(C)nc1C(=C)C(C)C. The van der Waals surface area contributed by atoms with Crippen LogP contribution in [-0.2, 0) is 5.41 Å². The molecule has 0 fully saturated rings. The minimum atomic E-state index is -0.214. The Kier molecular flexibility index (Phi) is 3.41. The summed E-state index contributed by atoms with van der Waals surface area (Å²) in [4.78, 5) is 4.43. The van der Waals surface area contributed by atoms with Crippen molar-refractivity contribution in [1.29, 1.82) is 0 Å². The molecule has 1 heterocycles. The summed E-state index contributed by atoms with van der Waals surface area (Å²) in [5.41, 5.74) is 1.69. The first-order chi connectivity index (χ1) is 7.29. The van der Waals surface area contributed by atoms with Crippen LogP contribution in [0, 0.1) is 12.8 Å². The summed E-state index contributed by atoms with van der Waals surface area (Å²) in [6, 6.07) is 0. The van der Waals surface area contributed by atoms with Gasteiger partial charge < -0.3 is 4.42 Å². The maximum Gasteiger partial charge on any atom is 0.191 e. The topological polar surface area (TPSA) is 26.0 Å². The average molecular weight is 219 g/mol. The maximum atomic E-state index is 5.70. The Hall–Kier alpha value is -1.31. The van der Waals surface area contributed by atoms with Crippen molar-refractivity contribution in [1.82, 2.24) is 4.98 Å². The van der Waals surface area contributed by atoms with Gasteiger partial charge in [0.15, 0.2) is 5.89 Å². The molecular formula is C14H21NO. The number of hydrogen-bond acceptors (Lipinski definition) is 2. The summed E-state index contributed by atoms with van der Waals surface area (Å²) < 4.78 is 5.70. The van der Waals surface area contributed by atoms with E-state index in [1.165, 1.54) is 0 Å². The Balaban J connectivity index is 3.31. The van der Waals surface area contributed by atoms with E-state index < -0.39 is 0 Å². The molecule has 1 aromatic rings. The molecule has 0 bridgehead atoms. The Bertz CT molecular complexity index is 410. The smallest absolute Gasteiger partial charge is 0.191 e. The predicted molar refractivity (Wildman–Crippen MR) is 68.3 cm³/mol. The van der Waals surface area contributed by atoms with Gasteiger partial charge in [-0.05, 0) is 25.3 Å². The van der Waals surface area contributed by atoms with E-state index in [1.54, 1.807) is 0 Å². The zero-order chi connectivity index (χ0) is 12.5. The van der Waals surface area contributed by atoms with Crippen molar-refractivity contribution < 1.29 is 4.42 Å². The molecule has 1 aromatic heterocycles. The van der Waals surface area contributed by atoms with Gasteiger partial charge in [-0.25, -0.2) is 4.98 Å². The minimum Gasteiger partial charge on any atom is -0.444 e. The summed E-state index contributed by atoms with van der Waals surface area (Å²) in [5, 5.41) is 0. The zero-order valence-corrected chi connectivity index (χ0v) is 10.9. The van der Waals surface area contributed by atoms with Crippen LogP contribution in [0.3, 0.4) is 0 Å². The molecule has 2 heteroatoms. The highest BCUT2D eigenvalue weighted by Gasteiger charge is 2.27.